The molecule has 0 aromatic rings. The molecule has 2 aliphatic rings. The Morgan fingerprint density at radius 1 is 0.923 bits per heavy atom. The van der Waals surface area contributed by atoms with Gasteiger partial charge in [0, 0.05) is 6.92 Å². The number of hydrogen-bond acceptors (Lipinski definition) is 11. The molecular weight excluding hydrogens is 358 g/mol. The molecule has 2 heterocycles. The van der Waals surface area contributed by atoms with Gasteiger partial charge in [-0.15, -0.1) is 0 Å². The van der Waals surface area contributed by atoms with Gasteiger partial charge in [-0.2, -0.15) is 0 Å². The van der Waals surface area contributed by atoms with Crippen molar-refractivity contribution >= 4 is 5.91 Å². The number of aliphatic hydroxyl groups excluding tert-OH is 7. The third kappa shape index (κ3) is 4.31. The van der Waals surface area contributed by atoms with E-state index in [0.717, 1.165) is 6.92 Å². The van der Waals surface area contributed by atoms with Crippen molar-refractivity contribution in [3.8, 4) is 0 Å². The summed E-state index contributed by atoms with van der Waals surface area (Å²) in [6.45, 7) is -0.195. The van der Waals surface area contributed by atoms with E-state index >= 15 is 0 Å². The highest BCUT2D eigenvalue weighted by Gasteiger charge is 2.50. The highest BCUT2D eigenvalue weighted by molar-refractivity contribution is 5.73. The minimum Gasteiger partial charge on any atom is -0.394 e. The fraction of sp³-hybridized carbons (Fsp3) is 0.929. The van der Waals surface area contributed by atoms with Crippen LogP contribution >= 0.6 is 0 Å². The molecule has 26 heavy (non-hydrogen) atoms. The Kier molecular flexibility index (Phi) is 7.27. The maximum Gasteiger partial charge on any atom is 0.217 e. The summed E-state index contributed by atoms with van der Waals surface area (Å²) in [6, 6.07) is -1.29. The quantitative estimate of drug-likeness (QED) is 0.226. The zero-order chi connectivity index (χ0) is 19.6. The molecule has 0 saturated carbocycles. The first-order valence-electron chi connectivity index (χ1n) is 8.06. The van der Waals surface area contributed by atoms with Gasteiger partial charge in [0.15, 0.2) is 12.6 Å². The van der Waals surface area contributed by atoms with Gasteiger partial charge in [0.25, 0.3) is 0 Å². The van der Waals surface area contributed by atoms with E-state index in [0.29, 0.717) is 0 Å². The molecule has 2 rings (SSSR count). The maximum atomic E-state index is 11.2. The van der Waals surface area contributed by atoms with Crippen LogP contribution in [0.4, 0.5) is 0 Å². The lowest BCUT2D eigenvalue weighted by atomic mass is 9.95. The smallest absolute Gasteiger partial charge is 0.217 e. The number of ether oxygens (including phenoxy) is 3. The van der Waals surface area contributed by atoms with Crippen molar-refractivity contribution in [3.05, 3.63) is 0 Å². The van der Waals surface area contributed by atoms with Crippen LogP contribution in [0.2, 0.25) is 0 Å². The molecule has 8 N–H and O–H groups in total. The lowest BCUT2D eigenvalue weighted by Crippen LogP contribution is -2.67. The summed E-state index contributed by atoms with van der Waals surface area (Å²) in [5.41, 5.74) is 0. The number of aliphatic hydroxyl groups is 7. The van der Waals surface area contributed by atoms with E-state index in [-0.39, 0.29) is 0 Å². The van der Waals surface area contributed by atoms with Crippen LogP contribution in [-0.4, -0.2) is 116 Å². The van der Waals surface area contributed by atoms with E-state index in [1.807, 2.05) is 0 Å². The second kappa shape index (κ2) is 8.84. The van der Waals surface area contributed by atoms with Crippen molar-refractivity contribution in [1.29, 1.82) is 0 Å². The molecular formula is C14H25NO11. The van der Waals surface area contributed by atoms with Gasteiger partial charge in [0.2, 0.25) is 5.91 Å². The van der Waals surface area contributed by atoms with Gasteiger partial charge in [-0.1, -0.05) is 0 Å². The van der Waals surface area contributed by atoms with E-state index < -0.39 is 80.5 Å². The number of hydrogen-bond donors (Lipinski definition) is 8. The Morgan fingerprint density at radius 2 is 1.54 bits per heavy atom. The Labute approximate surface area is 148 Å². The lowest BCUT2D eigenvalue weighted by molar-refractivity contribution is -0.345. The van der Waals surface area contributed by atoms with Crippen molar-refractivity contribution in [2.75, 3.05) is 13.2 Å². The fourth-order valence-corrected chi connectivity index (χ4v) is 2.98. The summed E-state index contributed by atoms with van der Waals surface area (Å²) >= 11 is 0. The van der Waals surface area contributed by atoms with Gasteiger partial charge in [-0.05, 0) is 0 Å². The van der Waals surface area contributed by atoms with Crippen LogP contribution in [0.25, 0.3) is 0 Å². The number of carbonyl (C=O) groups excluding carboxylic acids is 1. The van der Waals surface area contributed by atoms with E-state index in [4.69, 9.17) is 14.2 Å². The molecule has 2 saturated heterocycles. The second-order valence-corrected chi connectivity index (χ2v) is 6.26. The van der Waals surface area contributed by atoms with E-state index in [9.17, 15) is 40.5 Å². The minimum absolute atomic E-state index is 0.564. The first-order valence-corrected chi connectivity index (χ1v) is 8.06. The van der Waals surface area contributed by atoms with Gasteiger partial charge in [0.1, 0.15) is 48.8 Å². The first kappa shape index (κ1) is 21.4. The average Bonchev–Trinajstić information content (AvgIpc) is 2.60. The van der Waals surface area contributed by atoms with E-state index in [2.05, 4.69) is 5.32 Å². The molecule has 2 aliphatic heterocycles. The van der Waals surface area contributed by atoms with Crippen molar-refractivity contribution < 1.29 is 54.8 Å². The molecule has 0 spiro atoms. The van der Waals surface area contributed by atoms with Gasteiger partial charge in [-0.3, -0.25) is 4.79 Å². The lowest BCUT2D eigenvalue weighted by Gasteiger charge is -2.46. The van der Waals surface area contributed by atoms with Crippen LogP contribution in [0.15, 0.2) is 0 Å². The molecule has 12 heteroatoms. The summed E-state index contributed by atoms with van der Waals surface area (Å²) in [5.74, 6) is -0.564. The normalized spacial score (nSPS) is 46.8. The number of carbonyl (C=O) groups is 1. The third-order valence-electron chi connectivity index (χ3n) is 4.38. The average molecular weight is 383 g/mol. The highest BCUT2D eigenvalue weighted by Crippen LogP contribution is 2.28. The fourth-order valence-electron chi connectivity index (χ4n) is 2.98. The summed E-state index contributed by atoms with van der Waals surface area (Å²) < 4.78 is 15.7. The van der Waals surface area contributed by atoms with Crippen LogP contribution in [0.5, 0.6) is 0 Å². The first-order chi connectivity index (χ1) is 12.2. The number of amides is 1. The van der Waals surface area contributed by atoms with Gasteiger partial charge >= 0.3 is 0 Å². The summed E-state index contributed by atoms with van der Waals surface area (Å²) in [6.07, 6.45) is -13.6. The zero-order valence-corrected chi connectivity index (χ0v) is 14.0. The Morgan fingerprint density at radius 3 is 2.08 bits per heavy atom. The number of nitrogens with one attached hydrogen (secondary N) is 1. The standard InChI is InChI=1S/C14H25NO11/c1-4(18)15-7-9(20)12(6(3-17)24-13(7)23)26-14-11(22)10(21)8(19)5(2-16)25-14/h5-14,16-17,19-23H,2-3H2,1H3,(H,15,18)/t5?,6?,7?,8-,9?,10?,11?,12?,13?,14?/m0/s1. The van der Waals surface area contributed by atoms with Crippen LogP contribution < -0.4 is 5.32 Å². The highest BCUT2D eigenvalue weighted by atomic mass is 16.7. The zero-order valence-electron chi connectivity index (χ0n) is 14.0. The molecule has 0 aromatic carbocycles. The Hall–Kier alpha value is -0.930. The molecule has 12 nitrogen and oxygen atoms in total. The van der Waals surface area contributed by atoms with Crippen LogP contribution in [-0.2, 0) is 19.0 Å². The van der Waals surface area contributed by atoms with Gasteiger partial charge < -0.3 is 55.3 Å². The van der Waals surface area contributed by atoms with Gasteiger partial charge in [0.05, 0.1) is 13.2 Å². The molecule has 1 amide bonds. The molecule has 10 atom stereocenters. The molecule has 9 unspecified atom stereocenters. The third-order valence-corrected chi connectivity index (χ3v) is 4.38. The SMILES string of the molecule is CC(=O)NC1C(O)OC(CO)C(OC2OC(CO)[C@H](O)C(O)C2O)C1O. The number of rotatable bonds is 5. The molecule has 152 valence electrons. The monoisotopic (exact) mass is 383 g/mol. The molecule has 0 bridgehead atoms. The van der Waals surface area contributed by atoms with Gasteiger partial charge in [-0.25, -0.2) is 0 Å². The van der Waals surface area contributed by atoms with Crippen LogP contribution in [0, 0.1) is 0 Å². The Bertz CT molecular complexity index is 478. The predicted octanol–water partition coefficient (Wildman–Crippen LogP) is -5.25. The molecule has 0 radical (unpaired) electrons. The van der Waals surface area contributed by atoms with Crippen LogP contribution in [0.1, 0.15) is 6.92 Å². The summed E-state index contributed by atoms with van der Waals surface area (Å²) in [4.78, 5) is 11.2. The molecule has 2 fully saturated rings. The largest absolute Gasteiger partial charge is 0.394 e. The van der Waals surface area contributed by atoms with Crippen LogP contribution in [0.3, 0.4) is 0 Å². The van der Waals surface area contributed by atoms with Crippen molar-refractivity contribution in [3.63, 3.8) is 0 Å². The predicted molar refractivity (Wildman–Crippen MR) is 80.2 cm³/mol. The van der Waals surface area contributed by atoms with Crippen molar-refractivity contribution in [2.45, 2.75) is 68.3 Å². The van der Waals surface area contributed by atoms with E-state index in [1.54, 1.807) is 0 Å². The molecule has 0 aliphatic carbocycles. The molecule has 0 aromatic heterocycles. The summed E-state index contributed by atoms with van der Waals surface area (Å²) in [7, 11) is 0. The maximum absolute atomic E-state index is 11.2. The topological polar surface area (TPSA) is 198 Å². The van der Waals surface area contributed by atoms with Crippen molar-refractivity contribution in [2.24, 2.45) is 0 Å². The second-order valence-electron chi connectivity index (χ2n) is 6.26. The summed E-state index contributed by atoms with van der Waals surface area (Å²) in [5, 5.41) is 70.7. The van der Waals surface area contributed by atoms with Crippen molar-refractivity contribution in [1.82, 2.24) is 5.32 Å². The Balaban J connectivity index is 2.16. The van der Waals surface area contributed by atoms with E-state index in [1.165, 1.54) is 0 Å². The minimum atomic E-state index is -1.73.